The summed E-state index contributed by atoms with van der Waals surface area (Å²) in [6.45, 7) is 4.67. The van der Waals surface area contributed by atoms with Gasteiger partial charge in [-0.1, -0.05) is 35.9 Å². The Balaban J connectivity index is 0.00000240. The first-order valence-electron chi connectivity index (χ1n) is 9.75. The summed E-state index contributed by atoms with van der Waals surface area (Å²) < 4.78 is 3.87. The molecule has 0 aliphatic carbocycles. The molecule has 4 rings (SSSR count). The summed E-state index contributed by atoms with van der Waals surface area (Å²) in [5, 5.41) is 7.85. The molecule has 29 heavy (non-hydrogen) atoms. The monoisotopic (exact) mass is 411 g/mol. The van der Waals surface area contributed by atoms with Crippen LogP contribution in [0, 0.1) is 6.92 Å². The zero-order valence-electron chi connectivity index (χ0n) is 16.5. The van der Waals surface area contributed by atoms with Crippen molar-refractivity contribution in [3.63, 3.8) is 0 Å². The topological polar surface area (TPSA) is 64.2 Å². The number of carbonyl (C=O) groups excluding carboxylic acids is 1. The van der Waals surface area contributed by atoms with Crippen LogP contribution in [0.25, 0.3) is 0 Å². The highest BCUT2D eigenvalue weighted by Gasteiger charge is 2.17. The minimum atomic E-state index is -0.314. The normalized spacial score (nSPS) is 17.0. The van der Waals surface area contributed by atoms with Crippen LogP contribution in [0.2, 0.25) is 0 Å². The molecule has 3 aromatic rings. The van der Waals surface area contributed by atoms with Gasteiger partial charge in [0.05, 0.1) is 6.04 Å². The Morgan fingerprint density at radius 3 is 2.76 bits per heavy atom. The van der Waals surface area contributed by atoms with Crippen LogP contribution < -0.4 is 10.8 Å². The van der Waals surface area contributed by atoms with Crippen LogP contribution in [0.4, 0.5) is 0 Å². The number of hydrogen-bond acceptors (Lipinski definition) is 3. The molecule has 0 radical (unpaired) electrons. The molecule has 3 heterocycles. The SMILES string of the molecule is Cc1ccc(Cn2ccccc2=NC(=O)c2ccn(C3CCCNC3)n2)cc1.Cl. The third kappa shape index (κ3) is 5.22. The van der Waals surface area contributed by atoms with Crippen molar-refractivity contribution >= 4 is 18.3 Å². The number of amides is 1. The van der Waals surface area contributed by atoms with E-state index < -0.39 is 0 Å². The Hall–Kier alpha value is -2.70. The van der Waals surface area contributed by atoms with Gasteiger partial charge in [-0.25, -0.2) is 0 Å². The van der Waals surface area contributed by atoms with Gasteiger partial charge in [0.15, 0.2) is 5.69 Å². The molecule has 1 amide bonds. The Morgan fingerprint density at radius 1 is 1.17 bits per heavy atom. The first-order chi connectivity index (χ1) is 13.7. The molecule has 1 saturated heterocycles. The van der Waals surface area contributed by atoms with Gasteiger partial charge in [0.2, 0.25) is 0 Å². The van der Waals surface area contributed by atoms with E-state index in [1.54, 1.807) is 6.07 Å². The second-order valence-electron chi connectivity index (χ2n) is 7.27. The smallest absolute Gasteiger partial charge is 0.299 e. The zero-order chi connectivity index (χ0) is 19.3. The number of aromatic nitrogens is 3. The van der Waals surface area contributed by atoms with Crippen LogP contribution in [0.5, 0.6) is 0 Å². The van der Waals surface area contributed by atoms with E-state index >= 15 is 0 Å². The fourth-order valence-electron chi connectivity index (χ4n) is 3.47. The highest BCUT2D eigenvalue weighted by Crippen LogP contribution is 2.15. The van der Waals surface area contributed by atoms with Crippen molar-refractivity contribution in [1.82, 2.24) is 19.7 Å². The number of nitrogens with one attached hydrogen (secondary N) is 1. The van der Waals surface area contributed by atoms with Crippen LogP contribution in [-0.2, 0) is 6.54 Å². The maximum atomic E-state index is 12.7. The van der Waals surface area contributed by atoms with E-state index in [-0.39, 0.29) is 18.3 Å². The van der Waals surface area contributed by atoms with E-state index in [0.29, 0.717) is 23.8 Å². The van der Waals surface area contributed by atoms with Gasteiger partial charge in [-0.3, -0.25) is 9.48 Å². The minimum absolute atomic E-state index is 0. The van der Waals surface area contributed by atoms with Gasteiger partial charge in [0.1, 0.15) is 5.49 Å². The molecule has 1 fully saturated rings. The average Bonchev–Trinajstić information content (AvgIpc) is 3.22. The van der Waals surface area contributed by atoms with Crippen molar-refractivity contribution < 1.29 is 4.79 Å². The maximum absolute atomic E-state index is 12.7. The van der Waals surface area contributed by atoms with Crippen molar-refractivity contribution in [1.29, 1.82) is 0 Å². The molecular weight excluding hydrogens is 386 g/mol. The molecule has 1 atom stereocenters. The summed E-state index contributed by atoms with van der Waals surface area (Å²) in [7, 11) is 0. The highest BCUT2D eigenvalue weighted by molar-refractivity contribution is 5.92. The Bertz CT molecular complexity index is 1020. The van der Waals surface area contributed by atoms with Crippen LogP contribution in [0.3, 0.4) is 0 Å². The molecule has 0 saturated carbocycles. The molecular formula is C22H26ClN5O. The van der Waals surface area contributed by atoms with Gasteiger partial charge in [-0.15, -0.1) is 12.4 Å². The van der Waals surface area contributed by atoms with E-state index in [0.717, 1.165) is 25.9 Å². The molecule has 7 heteroatoms. The lowest BCUT2D eigenvalue weighted by Gasteiger charge is -2.22. The summed E-state index contributed by atoms with van der Waals surface area (Å²) in [6.07, 6.45) is 6.03. The number of aryl methyl sites for hydroxylation is 1. The molecule has 152 valence electrons. The third-order valence-electron chi connectivity index (χ3n) is 5.08. The van der Waals surface area contributed by atoms with Crippen LogP contribution in [-0.4, -0.2) is 33.3 Å². The van der Waals surface area contributed by atoms with Gasteiger partial charge in [0.25, 0.3) is 5.91 Å². The van der Waals surface area contributed by atoms with Gasteiger partial charge in [-0.05, 0) is 50.1 Å². The summed E-state index contributed by atoms with van der Waals surface area (Å²) >= 11 is 0. The Labute approximate surface area is 176 Å². The Morgan fingerprint density at radius 2 is 2.00 bits per heavy atom. The van der Waals surface area contributed by atoms with Crippen molar-refractivity contribution in [2.75, 3.05) is 13.1 Å². The van der Waals surface area contributed by atoms with Crippen molar-refractivity contribution in [3.8, 4) is 0 Å². The number of carbonyl (C=O) groups is 1. The predicted molar refractivity (Wildman–Crippen MR) is 115 cm³/mol. The number of benzene rings is 1. The number of rotatable bonds is 4. The van der Waals surface area contributed by atoms with Crippen LogP contribution >= 0.6 is 12.4 Å². The third-order valence-corrected chi connectivity index (χ3v) is 5.08. The number of hydrogen-bond donors (Lipinski definition) is 1. The number of pyridine rings is 1. The van der Waals surface area contributed by atoms with E-state index in [1.165, 1.54) is 11.1 Å². The summed E-state index contributed by atoms with van der Waals surface area (Å²) in [4.78, 5) is 17.0. The lowest BCUT2D eigenvalue weighted by Crippen LogP contribution is -2.32. The van der Waals surface area contributed by atoms with Gasteiger partial charge >= 0.3 is 0 Å². The number of halogens is 1. The zero-order valence-corrected chi connectivity index (χ0v) is 17.3. The van der Waals surface area contributed by atoms with Gasteiger partial charge in [-0.2, -0.15) is 10.1 Å². The second-order valence-corrected chi connectivity index (χ2v) is 7.27. The standard InChI is InChI=1S/C22H25N5O.ClH/c1-17-7-9-18(10-8-17)16-26-13-3-2-6-21(26)24-22(28)20-11-14-27(25-20)19-5-4-12-23-15-19;/h2-3,6-11,13-14,19,23H,4-5,12,15-16H2,1H3;1H. The molecule has 1 N–H and O–H groups in total. The largest absolute Gasteiger partial charge is 0.328 e. The molecule has 1 unspecified atom stereocenters. The lowest BCUT2D eigenvalue weighted by atomic mass is 10.1. The molecule has 2 aromatic heterocycles. The molecule has 1 aliphatic rings. The van der Waals surface area contributed by atoms with E-state index in [1.807, 2.05) is 39.8 Å². The van der Waals surface area contributed by atoms with Crippen LogP contribution in [0.15, 0.2) is 65.9 Å². The van der Waals surface area contributed by atoms with Crippen molar-refractivity contribution in [2.45, 2.75) is 32.4 Å². The Kier molecular flexibility index (Phi) is 7.01. The summed E-state index contributed by atoms with van der Waals surface area (Å²) in [6, 6.07) is 16.1. The van der Waals surface area contributed by atoms with Gasteiger partial charge in [0, 0.05) is 25.5 Å². The second kappa shape index (κ2) is 9.67. The predicted octanol–water partition coefficient (Wildman–Crippen LogP) is 3.13. The molecule has 1 aliphatic heterocycles. The van der Waals surface area contributed by atoms with Crippen LogP contribution in [0.1, 0.15) is 40.5 Å². The van der Waals surface area contributed by atoms with E-state index in [9.17, 15) is 4.79 Å². The quantitative estimate of drug-likeness (QED) is 0.717. The summed E-state index contributed by atoms with van der Waals surface area (Å²) in [5.74, 6) is -0.314. The minimum Gasteiger partial charge on any atom is -0.328 e. The van der Waals surface area contributed by atoms with Crippen molar-refractivity contribution in [2.24, 2.45) is 4.99 Å². The first kappa shape index (κ1) is 21.0. The van der Waals surface area contributed by atoms with E-state index in [4.69, 9.17) is 0 Å². The average molecular weight is 412 g/mol. The van der Waals surface area contributed by atoms with E-state index in [2.05, 4.69) is 46.6 Å². The number of nitrogens with zero attached hydrogens (tertiary/aromatic N) is 4. The lowest BCUT2D eigenvalue weighted by molar-refractivity contribution is 0.0991. The number of piperidine rings is 1. The fourth-order valence-corrected chi connectivity index (χ4v) is 3.47. The van der Waals surface area contributed by atoms with Gasteiger partial charge < -0.3 is 9.88 Å². The molecule has 6 nitrogen and oxygen atoms in total. The molecule has 1 aromatic carbocycles. The molecule has 0 bridgehead atoms. The fraction of sp³-hybridized carbons (Fsp3) is 0.318. The maximum Gasteiger partial charge on any atom is 0.299 e. The first-order valence-corrected chi connectivity index (χ1v) is 9.75. The van der Waals surface area contributed by atoms with Crippen molar-refractivity contribution in [3.05, 3.63) is 83.2 Å². The molecule has 0 spiro atoms. The highest BCUT2D eigenvalue weighted by atomic mass is 35.5. The summed E-state index contributed by atoms with van der Waals surface area (Å²) in [5.41, 5.74) is 3.41.